The molecule has 2 aromatic rings. The summed E-state index contributed by atoms with van der Waals surface area (Å²) in [6.45, 7) is 3.56. The Hall–Kier alpha value is -2.61. The Kier molecular flexibility index (Phi) is 4.89. The van der Waals surface area contributed by atoms with Gasteiger partial charge >= 0.3 is 5.69 Å². The molecule has 1 saturated heterocycles. The predicted molar refractivity (Wildman–Crippen MR) is 95.3 cm³/mol. The Morgan fingerprint density at radius 3 is 2.92 bits per heavy atom. The van der Waals surface area contributed by atoms with Gasteiger partial charge in [0.15, 0.2) is 0 Å². The second kappa shape index (κ2) is 7.10. The Bertz CT molecular complexity index is 829. The molecule has 0 bridgehead atoms. The van der Waals surface area contributed by atoms with Crippen LogP contribution < -0.4 is 26.2 Å². The van der Waals surface area contributed by atoms with Crippen molar-refractivity contribution in [1.29, 1.82) is 0 Å². The first-order valence-corrected chi connectivity index (χ1v) is 8.29. The number of nitrogens with zero attached hydrogens (tertiary/aromatic N) is 3. The zero-order valence-electron chi connectivity index (χ0n) is 14.7. The van der Waals surface area contributed by atoms with Gasteiger partial charge in [0.05, 0.1) is 12.8 Å². The molecule has 1 fully saturated rings. The van der Waals surface area contributed by atoms with E-state index in [0.29, 0.717) is 5.82 Å². The van der Waals surface area contributed by atoms with Gasteiger partial charge in [-0.15, -0.1) is 0 Å². The van der Waals surface area contributed by atoms with E-state index in [-0.39, 0.29) is 17.6 Å². The summed E-state index contributed by atoms with van der Waals surface area (Å²) in [5, 5.41) is 3.55. The number of hydrogen-bond donors (Lipinski definition) is 2. The number of hydrogen-bond acceptors (Lipinski definition) is 6. The summed E-state index contributed by atoms with van der Waals surface area (Å²) < 4.78 is 6.30. The van der Waals surface area contributed by atoms with Gasteiger partial charge in [-0.2, -0.15) is 0 Å². The molecule has 1 unspecified atom stereocenters. The quantitative estimate of drug-likeness (QED) is 0.815. The minimum absolute atomic E-state index is 0.0720. The largest absolute Gasteiger partial charge is 0.497 e. The van der Waals surface area contributed by atoms with Gasteiger partial charge in [0, 0.05) is 50.6 Å². The lowest BCUT2D eigenvalue weighted by molar-refractivity contribution is 0.410. The van der Waals surface area contributed by atoms with E-state index in [4.69, 9.17) is 4.74 Å². The number of nitrogens with one attached hydrogen (secondary N) is 2. The van der Waals surface area contributed by atoms with Crippen molar-refractivity contribution < 1.29 is 4.74 Å². The number of aromatic amines is 1. The molecule has 134 valence electrons. The fourth-order valence-electron chi connectivity index (χ4n) is 3.06. The van der Waals surface area contributed by atoms with Crippen LogP contribution in [-0.4, -0.2) is 40.8 Å². The van der Waals surface area contributed by atoms with E-state index in [1.807, 2.05) is 17.0 Å². The van der Waals surface area contributed by atoms with Crippen LogP contribution in [0.1, 0.15) is 25.1 Å². The van der Waals surface area contributed by atoms with E-state index < -0.39 is 5.69 Å². The number of H-pyrrole nitrogens is 1. The first-order chi connectivity index (χ1) is 12.0. The molecule has 2 atom stereocenters. The first kappa shape index (κ1) is 17.2. The van der Waals surface area contributed by atoms with Gasteiger partial charge in [-0.25, -0.2) is 4.79 Å². The first-order valence-electron chi connectivity index (χ1n) is 8.29. The maximum atomic E-state index is 11.8. The summed E-state index contributed by atoms with van der Waals surface area (Å²) in [7, 11) is 3.10. The van der Waals surface area contributed by atoms with E-state index in [0.717, 1.165) is 35.5 Å². The summed E-state index contributed by atoms with van der Waals surface area (Å²) in [5.74, 6) is 1.36. The fourth-order valence-corrected chi connectivity index (χ4v) is 3.06. The molecule has 3 heterocycles. The van der Waals surface area contributed by atoms with Crippen molar-refractivity contribution in [3.63, 3.8) is 0 Å². The maximum absolute atomic E-state index is 11.8. The van der Waals surface area contributed by atoms with E-state index in [1.165, 1.54) is 13.1 Å². The smallest absolute Gasteiger partial charge is 0.329 e. The van der Waals surface area contributed by atoms with Crippen LogP contribution in [0.15, 0.2) is 34.0 Å². The summed E-state index contributed by atoms with van der Waals surface area (Å²) >= 11 is 0. The number of methoxy groups -OCH3 is 1. The van der Waals surface area contributed by atoms with Crippen LogP contribution >= 0.6 is 0 Å². The predicted octanol–water partition coefficient (Wildman–Crippen LogP) is 0.407. The maximum Gasteiger partial charge on any atom is 0.329 e. The lowest BCUT2D eigenvalue weighted by atomic mass is 10.1. The highest BCUT2D eigenvalue weighted by molar-refractivity contribution is 5.38. The van der Waals surface area contributed by atoms with E-state index in [1.54, 1.807) is 13.3 Å². The van der Waals surface area contributed by atoms with Gasteiger partial charge in [0.1, 0.15) is 11.6 Å². The van der Waals surface area contributed by atoms with Crippen molar-refractivity contribution in [1.82, 2.24) is 19.9 Å². The molecule has 2 aromatic heterocycles. The summed E-state index contributed by atoms with van der Waals surface area (Å²) in [6.07, 6.45) is 2.66. The molecule has 0 saturated carbocycles. The molecule has 8 heteroatoms. The number of pyridine rings is 1. The fraction of sp³-hybridized carbons (Fsp3) is 0.471. The molecule has 2 N–H and O–H groups in total. The van der Waals surface area contributed by atoms with Gasteiger partial charge in [-0.3, -0.25) is 19.3 Å². The van der Waals surface area contributed by atoms with Gasteiger partial charge < -0.3 is 15.0 Å². The van der Waals surface area contributed by atoms with Gasteiger partial charge in [0.25, 0.3) is 5.56 Å². The van der Waals surface area contributed by atoms with Crippen LogP contribution in [0.3, 0.4) is 0 Å². The standard InChI is InChI=1S/C17H23N5O3/c1-11(14-8-13(25-3)4-6-18-14)19-12-5-7-22(10-12)15-9-16(23)21(2)17(24)20-15/h4,6,8-9,11-12,19H,5,7,10H2,1-3H3,(H,20,24)/t11?,12-/m0/s1. The van der Waals surface area contributed by atoms with Crippen LogP contribution in [0.2, 0.25) is 0 Å². The van der Waals surface area contributed by atoms with Gasteiger partial charge in [-0.1, -0.05) is 0 Å². The summed E-state index contributed by atoms with van der Waals surface area (Å²) in [5.41, 5.74) is 0.219. The molecule has 0 aromatic carbocycles. The highest BCUT2D eigenvalue weighted by Crippen LogP contribution is 2.20. The highest BCUT2D eigenvalue weighted by Gasteiger charge is 2.25. The van der Waals surface area contributed by atoms with Crippen molar-refractivity contribution in [2.45, 2.75) is 25.4 Å². The summed E-state index contributed by atoms with van der Waals surface area (Å²) in [4.78, 5) is 32.7. The Morgan fingerprint density at radius 2 is 2.20 bits per heavy atom. The molecule has 0 aliphatic carbocycles. The molecule has 0 radical (unpaired) electrons. The SMILES string of the molecule is COc1ccnc(C(C)N[C@H]2CCN(c3cc(=O)n(C)c(=O)[nH]3)C2)c1. The van der Waals surface area contributed by atoms with Crippen LogP contribution in [0.25, 0.3) is 0 Å². The van der Waals surface area contributed by atoms with Crippen molar-refractivity contribution >= 4 is 5.82 Å². The zero-order chi connectivity index (χ0) is 18.0. The Balaban J connectivity index is 1.67. The zero-order valence-corrected chi connectivity index (χ0v) is 14.7. The van der Waals surface area contributed by atoms with Gasteiger partial charge in [-0.05, 0) is 19.4 Å². The average molecular weight is 345 g/mol. The van der Waals surface area contributed by atoms with Crippen LogP contribution in [0, 0.1) is 0 Å². The highest BCUT2D eigenvalue weighted by atomic mass is 16.5. The number of rotatable bonds is 5. The minimum Gasteiger partial charge on any atom is -0.497 e. The number of ether oxygens (including phenoxy) is 1. The molecule has 1 aliphatic heterocycles. The molecular formula is C17H23N5O3. The molecule has 0 amide bonds. The van der Waals surface area contributed by atoms with Gasteiger partial charge in [0.2, 0.25) is 0 Å². The van der Waals surface area contributed by atoms with Crippen molar-refractivity contribution in [2.75, 3.05) is 25.1 Å². The average Bonchev–Trinajstić information content (AvgIpc) is 3.07. The van der Waals surface area contributed by atoms with E-state index >= 15 is 0 Å². The molecule has 8 nitrogen and oxygen atoms in total. The van der Waals surface area contributed by atoms with Crippen LogP contribution in [0.5, 0.6) is 5.75 Å². The molecule has 3 rings (SSSR count). The van der Waals surface area contributed by atoms with Crippen molar-refractivity contribution in [2.24, 2.45) is 7.05 Å². The van der Waals surface area contributed by atoms with Crippen molar-refractivity contribution in [3.05, 3.63) is 50.9 Å². The molecule has 25 heavy (non-hydrogen) atoms. The summed E-state index contributed by atoms with van der Waals surface area (Å²) in [6, 6.07) is 5.53. The van der Waals surface area contributed by atoms with E-state index in [9.17, 15) is 9.59 Å². The Morgan fingerprint density at radius 1 is 1.40 bits per heavy atom. The lowest BCUT2D eigenvalue weighted by Gasteiger charge is -2.21. The molecular weight excluding hydrogens is 322 g/mol. The van der Waals surface area contributed by atoms with Crippen LogP contribution in [0.4, 0.5) is 5.82 Å². The molecule has 0 spiro atoms. The monoisotopic (exact) mass is 345 g/mol. The van der Waals surface area contributed by atoms with Crippen LogP contribution in [-0.2, 0) is 7.05 Å². The van der Waals surface area contributed by atoms with Crippen molar-refractivity contribution in [3.8, 4) is 5.75 Å². The molecule has 1 aliphatic rings. The number of aromatic nitrogens is 3. The minimum atomic E-state index is -0.396. The topological polar surface area (TPSA) is 92.2 Å². The number of anilines is 1. The third-order valence-corrected chi connectivity index (χ3v) is 4.58. The van der Waals surface area contributed by atoms with E-state index in [2.05, 4.69) is 22.2 Å². The third kappa shape index (κ3) is 3.74. The normalized spacial score (nSPS) is 18.4. The lowest BCUT2D eigenvalue weighted by Crippen LogP contribution is -2.37. The second-order valence-corrected chi connectivity index (χ2v) is 6.30. The Labute approximate surface area is 145 Å². The third-order valence-electron chi connectivity index (χ3n) is 4.58. The second-order valence-electron chi connectivity index (χ2n) is 6.30.